The van der Waals surface area contributed by atoms with Gasteiger partial charge in [-0.25, -0.2) is 4.79 Å². The lowest BCUT2D eigenvalue weighted by Crippen LogP contribution is -2.31. The molecule has 2 rings (SSSR count). The van der Waals surface area contributed by atoms with Crippen molar-refractivity contribution in [1.82, 2.24) is 0 Å². The van der Waals surface area contributed by atoms with Gasteiger partial charge in [0.25, 0.3) is 0 Å². The van der Waals surface area contributed by atoms with Gasteiger partial charge in [-0.05, 0) is 51.5 Å². The molecule has 2 N–H and O–H groups in total. The first-order valence-corrected chi connectivity index (χ1v) is 18.4. The number of aliphatic hydroxyl groups is 2. The summed E-state index contributed by atoms with van der Waals surface area (Å²) in [6.45, 7) is 4.19. The van der Waals surface area contributed by atoms with Gasteiger partial charge in [0.2, 0.25) is 0 Å². The Bertz CT molecular complexity index is 692. The highest BCUT2D eigenvalue weighted by Gasteiger charge is 2.34. The molecule has 0 bridgehead atoms. The van der Waals surface area contributed by atoms with Crippen molar-refractivity contribution in [2.45, 2.75) is 218 Å². The zero-order valence-corrected chi connectivity index (χ0v) is 27.7. The van der Waals surface area contributed by atoms with E-state index < -0.39 is 0 Å². The predicted octanol–water partition coefficient (Wildman–Crippen LogP) is 9.90. The van der Waals surface area contributed by atoms with Crippen LogP contribution in [0.1, 0.15) is 187 Å². The van der Waals surface area contributed by atoms with Crippen molar-refractivity contribution in [3.05, 3.63) is 11.6 Å². The average molecular weight is 593 g/mol. The Morgan fingerprint density at radius 1 is 0.643 bits per heavy atom. The number of carbonyl (C=O) groups is 1. The zero-order chi connectivity index (χ0) is 30.3. The Hall–Kier alpha value is -0.910. The molecule has 0 unspecified atom stereocenters. The summed E-state index contributed by atoms with van der Waals surface area (Å²) in [7, 11) is 0. The van der Waals surface area contributed by atoms with E-state index in [1.54, 1.807) is 0 Å². The fourth-order valence-corrected chi connectivity index (χ4v) is 6.72. The fraction of sp³-hybridized carbons (Fsp3) is 0.919. The Morgan fingerprint density at radius 3 is 1.40 bits per heavy atom. The van der Waals surface area contributed by atoms with Crippen LogP contribution in [0.25, 0.3) is 0 Å². The number of ether oxygens (including phenoxy) is 2. The molecule has 0 aromatic heterocycles. The molecule has 0 aliphatic carbocycles. The molecule has 0 radical (unpaired) electrons. The third kappa shape index (κ3) is 17.4. The van der Waals surface area contributed by atoms with Crippen molar-refractivity contribution >= 4 is 5.97 Å². The van der Waals surface area contributed by atoms with Gasteiger partial charge >= 0.3 is 5.97 Å². The third-order valence-electron chi connectivity index (χ3n) is 9.48. The minimum Gasteiger partial charge on any atom is -0.455 e. The Balaban J connectivity index is 1.32. The average Bonchev–Trinajstić information content (AvgIpc) is 3.60. The van der Waals surface area contributed by atoms with E-state index >= 15 is 0 Å². The predicted molar refractivity (Wildman–Crippen MR) is 175 cm³/mol. The highest BCUT2D eigenvalue weighted by molar-refractivity contribution is 5.90. The molecule has 5 nitrogen and oxygen atoms in total. The van der Waals surface area contributed by atoms with Gasteiger partial charge in [0.05, 0.1) is 24.4 Å². The summed E-state index contributed by atoms with van der Waals surface area (Å²) in [5, 5.41) is 21.2. The standard InChI is InChI=1S/C37H68O5/c1-3-4-5-6-7-8-14-17-20-23-26-33(38)35-28-29-36(42-35)34(39)27-24-21-18-15-12-10-9-11-13-16-19-22-25-32-30-31(2)41-37(32)40/h30-31,33-36,38-39H,3-29H2,1-2H3/t31-,33+,34-,35+,36-/m1/s1. The number of esters is 1. The van der Waals surface area contributed by atoms with Gasteiger partial charge in [-0.3, -0.25) is 0 Å². The van der Waals surface area contributed by atoms with Crippen molar-refractivity contribution in [3.63, 3.8) is 0 Å². The van der Waals surface area contributed by atoms with Crippen molar-refractivity contribution in [3.8, 4) is 0 Å². The molecule has 0 spiro atoms. The molecule has 2 aliphatic rings. The second kappa shape index (κ2) is 24.4. The summed E-state index contributed by atoms with van der Waals surface area (Å²) >= 11 is 0. The van der Waals surface area contributed by atoms with E-state index in [4.69, 9.17) is 9.47 Å². The zero-order valence-electron chi connectivity index (χ0n) is 27.7. The van der Waals surface area contributed by atoms with Gasteiger partial charge in [-0.1, -0.05) is 142 Å². The summed E-state index contributed by atoms with van der Waals surface area (Å²) in [6.07, 6.45) is 33.4. The quantitative estimate of drug-likeness (QED) is 0.0698. The van der Waals surface area contributed by atoms with E-state index in [2.05, 4.69) is 6.92 Å². The molecule has 2 aliphatic heterocycles. The van der Waals surface area contributed by atoms with Gasteiger partial charge in [-0.2, -0.15) is 0 Å². The first kappa shape index (κ1) is 37.3. The van der Waals surface area contributed by atoms with Gasteiger partial charge in [0.15, 0.2) is 0 Å². The number of hydrogen-bond donors (Lipinski definition) is 2. The van der Waals surface area contributed by atoms with Crippen molar-refractivity contribution in [2.75, 3.05) is 0 Å². The van der Waals surface area contributed by atoms with Crippen molar-refractivity contribution in [1.29, 1.82) is 0 Å². The van der Waals surface area contributed by atoms with Crippen molar-refractivity contribution in [2.24, 2.45) is 0 Å². The Labute approximate surface area is 259 Å². The SMILES string of the molecule is CCCCCCCCCCCC[C@H](O)[C@@H]1CC[C@H]([C@H](O)CCCCCCCCCCCCCCC2=C[C@@H](C)OC2=O)O1. The van der Waals surface area contributed by atoms with Crippen LogP contribution in [0, 0.1) is 0 Å². The highest BCUT2D eigenvalue weighted by atomic mass is 16.5. The van der Waals surface area contributed by atoms with Gasteiger partial charge < -0.3 is 19.7 Å². The first-order valence-electron chi connectivity index (χ1n) is 18.4. The minimum absolute atomic E-state index is 0.0387. The maximum atomic E-state index is 11.6. The van der Waals surface area contributed by atoms with Crippen LogP contribution >= 0.6 is 0 Å². The highest BCUT2D eigenvalue weighted by Crippen LogP contribution is 2.28. The van der Waals surface area contributed by atoms with E-state index in [0.29, 0.717) is 0 Å². The smallest absolute Gasteiger partial charge is 0.334 e. The number of unbranched alkanes of at least 4 members (excludes halogenated alkanes) is 20. The maximum Gasteiger partial charge on any atom is 0.334 e. The summed E-state index contributed by atoms with van der Waals surface area (Å²) in [5.41, 5.74) is 0.877. The number of cyclic esters (lactones) is 1. The molecule has 0 aromatic carbocycles. The van der Waals surface area contributed by atoms with Gasteiger partial charge in [-0.15, -0.1) is 0 Å². The summed E-state index contributed by atoms with van der Waals surface area (Å²) < 4.78 is 11.3. The lowest BCUT2D eigenvalue weighted by molar-refractivity contribution is -0.139. The number of carbonyl (C=O) groups excluding carboxylic acids is 1. The lowest BCUT2D eigenvalue weighted by Gasteiger charge is -2.22. The molecule has 2 heterocycles. The molecule has 42 heavy (non-hydrogen) atoms. The number of aliphatic hydroxyl groups excluding tert-OH is 2. The van der Waals surface area contributed by atoms with Crippen LogP contribution in [-0.4, -0.2) is 46.7 Å². The molecule has 1 fully saturated rings. The normalized spacial score (nSPS) is 22.0. The second-order valence-corrected chi connectivity index (χ2v) is 13.5. The summed E-state index contributed by atoms with van der Waals surface area (Å²) in [4.78, 5) is 11.6. The van der Waals surface area contributed by atoms with E-state index in [9.17, 15) is 15.0 Å². The Morgan fingerprint density at radius 2 is 1.02 bits per heavy atom. The molecule has 5 heteroatoms. The molecule has 0 aromatic rings. The largest absolute Gasteiger partial charge is 0.455 e. The Kier molecular flexibility index (Phi) is 21.7. The van der Waals surface area contributed by atoms with E-state index in [1.165, 1.54) is 122 Å². The summed E-state index contributed by atoms with van der Waals surface area (Å²) in [5.74, 6) is -0.111. The van der Waals surface area contributed by atoms with Crippen LogP contribution in [0.4, 0.5) is 0 Å². The monoisotopic (exact) mass is 593 g/mol. The van der Waals surface area contributed by atoms with Crippen molar-refractivity contribution < 1.29 is 24.5 Å². The lowest BCUT2D eigenvalue weighted by atomic mass is 10.00. The van der Waals surface area contributed by atoms with E-state index in [1.807, 2.05) is 13.0 Å². The van der Waals surface area contributed by atoms with Crippen LogP contribution in [0.5, 0.6) is 0 Å². The molecule has 1 saturated heterocycles. The molecular weight excluding hydrogens is 524 g/mol. The fourth-order valence-electron chi connectivity index (χ4n) is 6.72. The van der Waals surface area contributed by atoms with Crippen LogP contribution in [-0.2, 0) is 14.3 Å². The molecular formula is C37H68O5. The number of hydrogen-bond acceptors (Lipinski definition) is 5. The van der Waals surface area contributed by atoms with Crippen LogP contribution in [0.3, 0.4) is 0 Å². The van der Waals surface area contributed by atoms with Crippen LogP contribution in [0.2, 0.25) is 0 Å². The molecule has 5 atom stereocenters. The molecule has 0 saturated carbocycles. The number of rotatable bonds is 28. The van der Waals surface area contributed by atoms with E-state index in [0.717, 1.165) is 56.9 Å². The first-order chi connectivity index (χ1) is 20.5. The topological polar surface area (TPSA) is 76.0 Å². The second-order valence-electron chi connectivity index (χ2n) is 13.5. The minimum atomic E-state index is -0.383. The summed E-state index contributed by atoms with van der Waals surface area (Å²) in [6, 6.07) is 0. The molecule has 246 valence electrons. The van der Waals surface area contributed by atoms with Gasteiger partial charge in [0, 0.05) is 5.57 Å². The van der Waals surface area contributed by atoms with Gasteiger partial charge in [0.1, 0.15) is 6.10 Å². The maximum absolute atomic E-state index is 11.6. The van der Waals surface area contributed by atoms with Crippen LogP contribution < -0.4 is 0 Å². The van der Waals surface area contributed by atoms with Crippen LogP contribution in [0.15, 0.2) is 11.6 Å². The molecule has 0 amide bonds. The van der Waals surface area contributed by atoms with E-state index in [-0.39, 0.29) is 36.5 Å². The third-order valence-corrected chi connectivity index (χ3v) is 9.48.